The first kappa shape index (κ1) is 15.7. The molecule has 0 N–H and O–H groups in total. The van der Waals surface area contributed by atoms with Gasteiger partial charge in [0.05, 0.1) is 16.5 Å². The van der Waals surface area contributed by atoms with Crippen LogP contribution >= 0.6 is 0 Å². The Bertz CT molecular complexity index is 929. The Hall–Kier alpha value is -3.15. The fraction of sp³-hybridized carbons (Fsp3) is 0.167. The third kappa shape index (κ3) is 2.86. The predicted molar refractivity (Wildman–Crippen MR) is 90.4 cm³/mol. The monoisotopic (exact) mass is 324 g/mol. The van der Waals surface area contributed by atoms with Gasteiger partial charge in [-0.3, -0.25) is 19.5 Å². The van der Waals surface area contributed by atoms with Crippen LogP contribution in [0.15, 0.2) is 48.7 Å². The summed E-state index contributed by atoms with van der Waals surface area (Å²) in [7, 11) is 0. The summed E-state index contributed by atoms with van der Waals surface area (Å²) in [6.07, 6.45) is 1.67. The average molecular weight is 324 g/mol. The number of hydrogen-bond acceptors (Lipinski definition) is 4. The van der Waals surface area contributed by atoms with Gasteiger partial charge in [-0.2, -0.15) is 0 Å². The Morgan fingerprint density at radius 1 is 1.25 bits per heavy atom. The van der Waals surface area contributed by atoms with E-state index < -0.39 is 4.92 Å². The Balaban J connectivity index is 2.12. The third-order valence-corrected chi connectivity index (χ3v) is 3.84. The number of nitro benzene ring substituents is 1. The lowest BCUT2D eigenvalue weighted by atomic mass is 10.1. The van der Waals surface area contributed by atoms with E-state index in [1.165, 1.54) is 23.6 Å². The van der Waals surface area contributed by atoms with Crippen molar-refractivity contribution in [2.75, 3.05) is 0 Å². The van der Waals surface area contributed by atoms with Crippen molar-refractivity contribution < 1.29 is 14.5 Å². The van der Waals surface area contributed by atoms with Crippen molar-refractivity contribution in [3.8, 4) is 5.75 Å². The third-order valence-electron chi connectivity index (χ3n) is 3.84. The highest BCUT2D eigenvalue weighted by Gasteiger charge is 2.19. The van der Waals surface area contributed by atoms with E-state index in [2.05, 4.69) is 0 Å². The molecule has 0 fully saturated rings. The second-order valence-electron chi connectivity index (χ2n) is 5.57. The van der Waals surface area contributed by atoms with Crippen molar-refractivity contribution in [3.05, 3.63) is 69.9 Å². The number of fused-ring (bicyclic) bond motifs is 1. The molecule has 24 heavy (non-hydrogen) atoms. The van der Waals surface area contributed by atoms with Gasteiger partial charge in [0.1, 0.15) is 6.61 Å². The molecule has 0 amide bonds. The Kier molecular flexibility index (Phi) is 4.04. The molecule has 0 bridgehead atoms. The number of carbonyl (C=O) groups is 1. The van der Waals surface area contributed by atoms with Crippen LogP contribution in [0.3, 0.4) is 0 Å². The number of hydrogen-bond donors (Lipinski definition) is 0. The van der Waals surface area contributed by atoms with Crippen molar-refractivity contribution in [2.24, 2.45) is 0 Å². The Labute approximate surface area is 138 Å². The molecule has 2 aromatic carbocycles. The van der Waals surface area contributed by atoms with Crippen molar-refractivity contribution >= 4 is 22.5 Å². The van der Waals surface area contributed by atoms with Crippen LogP contribution < -0.4 is 4.74 Å². The molecule has 0 spiro atoms. The van der Waals surface area contributed by atoms with E-state index in [9.17, 15) is 14.9 Å². The van der Waals surface area contributed by atoms with Crippen LogP contribution in [0.5, 0.6) is 5.75 Å². The topological polar surface area (TPSA) is 74.4 Å². The van der Waals surface area contributed by atoms with Gasteiger partial charge in [0.25, 0.3) is 5.69 Å². The van der Waals surface area contributed by atoms with Crippen LogP contribution in [-0.2, 0) is 6.61 Å². The number of nitrogens with zero attached hydrogens (tertiary/aromatic N) is 2. The number of rotatable bonds is 4. The zero-order valence-corrected chi connectivity index (χ0v) is 13.4. The quantitative estimate of drug-likeness (QED) is 0.535. The molecule has 1 aromatic heterocycles. The molecule has 122 valence electrons. The van der Waals surface area contributed by atoms with E-state index >= 15 is 0 Å². The zero-order valence-electron chi connectivity index (χ0n) is 13.4. The van der Waals surface area contributed by atoms with E-state index in [1.807, 2.05) is 37.3 Å². The highest BCUT2D eigenvalue weighted by atomic mass is 16.6. The molecule has 6 heteroatoms. The molecule has 0 saturated carbocycles. The molecule has 3 aromatic rings. The van der Waals surface area contributed by atoms with Gasteiger partial charge in [0, 0.05) is 24.6 Å². The number of aromatic nitrogens is 1. The highest BCUT2D eigenvalue weighted by Crippen LogP contribution is 2.34. The normalized spacial score (nSPS) is 10.8. The van der Waals surface area contributed by atoms with Gasteiger partial charge in [-0.05, 0) is 18.1 Å². The van der Waals surface area contributed by atoms with Crippen LogP contribution in [0.4, 0.5) is 5.69 Å². The van der Waals surface area contributed by atoms with E-state index in [-0.39, 0.29) is 18.2 Å². The largest absolute Gasteiger partial charge is 0.486 e. The SMILES string of the molecule is CC(=O)n1cc(C)c2cc([N+](=O)[O-])cc(OCc3ccccc3)c21. The lowest BCUT2D eigenvalue weighted by molar-refractivity contribution is -0.384. The van der Waals surface area contributed by atoms with Gasteiger partial charge in [-0.25, -0.2) is 0 Å². The number of non-ortho nitro benzene ring substituents is 1. The summed E-state index contributed by atoms with van der Waals surface area (Å²) in [6.45, 7) is 3.52. The lowest BCUT2D eigenvalue weighted by Gasteiger charge is -2.10. The first-order chi connectivity index (χ1) is 11.5. The first-order valence-corrected chi connectivity index (χ1v) is 7.45. The van der Waals surface area contributed by atoms with Crippen LogP contribution in [0, 0.1) is 17.0 Å². The Morgan fingerprint density at radius 2 is 1.96 bits per heavy atom. The minimum atomic E-state index is -0.459. The molecule has 0 aliphatic rings. The maximum absolute atomic E-state index is 11.9. The fourth-order valence-corrected chi connectivity index (χ4v) is 2.67. The second-order valence-corrected chi connectivity index (χ2v) is 5.57. The number of carbonyl (C=O) groups excluding carboxylic acids is 1. The van der Waals surface area contributed by atoms with E-state index in [4.69, 9.17) is 4.74 Å². The van der Waals surface area contributed by atoms with E-state index in [0.29, 0.717) is 16.7 Å². The standard InChI is InChI=1S/C18H16N2O4/c1-12-10-19(13(2)21)18-16(12)8-15(20(22)23)9-17(18)24-11-14-6-4-3-5-7-14/h3-10H,11H2,1-2H3. The maximum atomic E-state index is 11.9. The minimum Gasteiger partial charge on any atom is -0.486 e. The number of benzene rings is 2. The number of aryl methyl sites for hydroxylation is 1. The van der Waals surface area contributed by atoms with Crippen molar-refractivity contribution in [3.63, 3.8) is 0 Å². The van der Waals surface area contributed by atoms with Gasteiger partial charge in [-0.1, -0.05) is 30.3 Å². The first-order valence-electron chi connectivity index (χ1n) is 7.45. The van der Waals surface area contributed by atoms with Gasteiger partial charge in [-0.15, -0.1) is 0 Å². The molecule has 0 aliphatic heterocycles. The molecule has 0 atom stereocenters. The van der Waals surface area contributed by atoms with Gasteiger partial charge >= 0.3 is 0 Å². The second kappa shape index (κ2) is 6.16. The van der Waals surface area contributed by atoms with Crippen molar-refractivity contribution in [1.29, 1.82) is 0 Å². The van der Waals surface area contributed by atoms with Gasteiger partial charge in [0.15, 0.2) is 5.75 Å². The molecular weight excluding hydrogens is 308 g/mol. The maximum Gasteiger partial charge on any atom is 0.273 e. The molecule has 0 radical (unpaired) electrons. The van der Waals surface area contributed by atoms with Gasteiger partial charge < -0.3 is 4.74 Å². The fourth-order valence-electron chi connectivity index (χ4n) is 2.67. The summed E-state index contributed by atoms with van der Waals surface area (Å²) in [4.78, 5) is 22.6. The van der Waals surface area contributed by atoms with Crippen LogP contribution in [0.2, 0.25) is 0 Å². The molecule has 6 nitrogen and oxygen atoms in total. The zero-order chi connectivity index (χ0) is 17.3. The Morgan fingerprint density at radius 3 is 2.58 bits per heavy atom. The average Bonchev–Trinajstić information content (AvgIpc) is 2.91. The van der Waals surface area contributed by atoms with Crippen molar-refractivity contribution in [2.45, 2.75) is 20.5 Å². The van der Waals surface area contributed by atoms with E-state index in [0.717, 1.165) is 11.1 Å². The summed E-state index contributed by atoms with van der Waals surface area (Å²) >= 11 is 0. The smallest absolute Gasteiger partial charge is 0.273 e. The van der Waals surface area contributed by atoms with Gasteiger partial charge in [0.2, 0.25) is 5.91 Å². The van der Waals surface area contributed by atoms with Crippen LogP contribution in [-0.4, -0.2) is 15.4 Å². The molecule has 3 rings (SSSR count). The van der Waals surface area contributed by atoms with Crippen LogP contribution in [0.1, 0.15) is 22.8 Å². The lowest BCUT2D eigenvalue weighted by Crippen LogP contribution is -2.05. The summed E-state index contributed by atoms with van der Waals surface area (Å²) in [5.41, 5.74) is 2.22. The van der Waals surface area contributed by atoms with Crippen molar-refractivity contribution in [1.82, 2.24) is 4.57 Å². The predicted octanol–water partition coefficient (Wildman–Crippen LogP) is 4.10. The summed E-state index contributed by atoms with van der Waals surface area (Å²) < 4.78 is 7.29. The highest BCUT2D eigenvalue weighted by molar-refractivity contribution is 5.98. The molecule has 0 saturated heterocycles. The molecular formula is C18H16N2O4. The molecule has 0 unspecified atom stereocenters. The minimum absolute atomic E-state index is 0.0602. The summed E-state index contributed by atoms with van der Waals surface area (Å²) in [5.74, 6) is 0.151. The van der Waals surface area contributed by atoms with E-state index in [1.54, 1.807) is 6.20 Å². The number of nitro groups is 1. The van der Waals surface area contributed by atoms with Crippen LogP contribution in [0.25, 0.3) is 10.9 Å². The summed E-state index contributed by atoms with van der Waals surface area (Å²) in [6, 6.07) is 12.3. The number of ether oxygens (including phenoxy) is 1. The summed E-state index contributed by atoms with van der Waals surface area (Å²) in [5, 5.41) is 11.8. The molecule has 1 heterocycles. The molecule has 0 aliphatic carbocycles.